The molecule has 96 valence electrons. The minimum atomic E-state index is 0. The molecule has 1 saturated heterocycles. The molecule has 1 rings (SSSR count). The highest BCUT2D eigenvalue weighted by Gasteiger charge is 2.27. The molecule has 0 aromatic carbocycles. The Morgan fingerprint density at radius 2 is 2.12 bits per heavy atom. The van der Waals surface area contributed by atoms with Crippen LogP contribution >= 0.6 is 12.4 Å². The predicted octanol–water partition coefficient (Wildman–Crippen LogP) is 0.698. The van der Waals surface area contributed by atoms with Gasteiger partial charge in [-0.15, -0.1) is 12.4 Å². The minimum Gasteiger partial charge on any atom is -0.348 e. The summed E-state index contributed by atoms with van der Waals surface area (Å²) >= 11 is 0. The van der Waals surface area contributed by atoms with Gasteiger partial charge in [-0.3, -0.25) is 9.69 Å². The van der Waals surface area contributed by atoms with Crippen molar-refractivity contribution in [3.05, 3.63) is 0 Å². The second-order valence-electron chi connectivity index (χ2n) is 4.68. The first-order valence-electron chi connectivity index (χ1n) is 5.72. The summed E-state index contributed by atoms with van der Waals surface area (Å²) in [6, 6.07) is 0.530. The standard InChI is InChI=1S/C11H23N3O.ClH/c1-9(12)10-6-4-5-7-14(10)8-11(15)13(2)3;/h9-10H,4-8,12H2,1-3H3;1H. The van der Waals surface area contributed by atoms with Gasteiger partial charge in [0.2, 0.25) is 5.91 Å². The van der Waals surface area contributed by atoms with Crippen LogP contribution in [0.3, 0.4) is 0 Å². The van der Waals surface area contributed by atoms with E-state index in [0.29, 0.717) is 12.6 Å². The van der Waals surface area contributed by atoms with E-state index in [4.69, 9.17) is 5.73 Å². The monoisotopic (exact) mass is 249 g/mol. The molecule has 0 aromatic rings. The van der Waals surface area contributed by atoms with E-state index in [9.17, 15) is 4.79 Å². The Kier molecular flexibility index (Phi) is 6.95. The van der Waals surface area contributed by atoms with E-state index in [0.717, 1.165) is 13.0 Å². The molecule has 0 bridgehead atoms. The molecule has 0 spiro atoms. The van der Waals surface area contributed by atoms with Gasteiger partial charge in [-0.1, -0.05) is 6.42 Å². The molecule has 5 heteroatoms. The van der Waals surface area contributed by atoms with Crippen LogP contribution in [0.25, 0.3) is 0 Å². The fourth-order valence-electron chi connectivity index (χ4n) is 2.12. The molecule has 1 aliphatic rings. The maximum absolute atomic E-state index is 11.6. The summed E-state index contributed by atoms with van der Waals surface area (Å²) in [6.45, 7) is 3.55. The zero-order valence-electron chi connectivity index (χ0n) is 10.5. The topological polar surface area (TPSA) is 49.6 Å². The van der Waals surface area contributed by atoms with Crippen molar-refractivity contribution >= 4 is 18.3 Å². The molecule has 2 N–H and O–H groups in total. The first-order chi connectivity index (χ1) is 7.02. The first kappa shape index (κ1) is 15.7. The van der Waals surface area contributed by atoms with E-state index < -0.39 is 0 Å². The molecule has 2 atom stereocenters. The van der Waals surface area contributed by atoms with Crippen molar-refractivity contribution in [1.29, 1.82) is 0 Å². The van der Waals surface area contributed by atoms with E-state index in [1.54, 1.807) is 19.0 Å². The number of hydrogen-bond acceptors (Lipinski definition) is 3. The Labute approximate surface area is 105 Å². The lowest BCUT2D eigenvalue weighted by atomic mass is 9.97. The normalized spacial score (nSPS) is 23.4. The van der Waals surface area contributed by atoms with Gasteiger partial charge in [-0.2, -0.15) is 0 Å². The van der Waals surface area contributed by atoms with Crippen molar-refractivity contribution in [2.45, 2.75) is 38.3 Å². The fourth-order valence-corrected chi connectivity index (χ4v) is 2.12. The number of likely N-dealkylation sites (N-methyl/N-ethyl adjacent to an activating group) is 1. The molecule has 0 aliphatic carbocycles. The van der Waals surface area contributed by atoms with Crippen molar-refractivity contribution in [2.24, 2.45) is 5.73 Å². The fraction of sp³-hybridized carbons (Fsp3) is 0.909. The van der Waals surface area contributed by atoms with Gasteiger partial charge < -0.3 is 10.6 Å². The molecular formula is C11H24ClN3O. The number of rotatable bonds is 3. The van der Waals surface area contributed by atoms with Crippen LogP contribution in [0, 0.1) is 0 Å². The van der Waals surface area contributed by atoms with Crippen LogP contribution in [0.15, 0.2) is 0 Å². The molecule has 1 heterocycles. The Bertz CT molecular complexity index is 221. The highest BCUT2D eigenvalue weighted by atomic mass is 35.5. The predicted molar refractivity (Wildman–Crippen MR) is 68.8 cm³/mol. The van der Waals surface area contributed by atoms with Crippen molar-refractivity contribution in [1.82, 2.24) is 9.80 Å². The first-order valence-corrected chi connectivity index (χ1v) is 5.72. The maximum atomic E-state index is 11.6. The molecule has 0 radical (unpaired) electrons. The zero-order valence-corrected chi connectivity index (χ0v) is 11.3. The number of amides is 1. The van der Waals surface area contributed by atoms with E-state index in [-0.39, 0.29) is 24.4 Å². The number of hydrogen-bond donors (Lipinski definition) is 1. The summed E-state index contributed by atoms with van der Waals surface area (Å²) in [5, 5.41) is 0. The summed E-state index contributed by atoms with van der Waals surface area (Å²) in [6.07, 6.45) is 3.54. The van der Waals surface area contributed by atoms with Crippen LogP contribution in [0.2, 0.25) is 0 Å². The van der Waals surface area contributed by atoms with E-state index in [1.165, 1.54) is 12.8 Å². The van der Waals surface area contributed by atoms with Crippen molar-refractivity contribution in [3.8, 4) is 0 Å². The van der Waals surface area contributed by atoms with Crippen LogP contribution < -0.4 is 5.73 Å². The van der Waals surface area contributed by atoms with E-state index >= 15 is 0 Å². The number of piperidine rings is 1. The molecule has 4 nitrogen and oxygen atoms in total. The molecule has 1 aliphatic heterocycles. The Morgan fingerprint density at radius 1 is 1.50 bits per heavy atom. The lowest BCUT2D eigenvalue weighted by molar-refractivity contribution is -0.130. The highest BCUT2D eigenvalue weighted by Crippen LogP contribution is 2.18. The van der Waals surface area contributed by atoms with Crippen LogP contribution in [-0.4, -0.2) is 55.0 Å². The Hall–Kier alpha value is -0.320. The van der Waals surface area contributed by atoms with E-state index in [2.05, 4.69) is 4.90 Å². The zero-order chi connectivity index (χ0) is 11.4. The van der Waals surface area contributed by atoms with E-state index in [1.807, 2.05) is 6.92 Å². The summed E-state index contributed by atoms with van der Waals surface area (Å²) in [4.78, 5) is 15.5. The smallest absolute Gasteiger partial charge is 0.236 e. The SMILES string of the molecule is CC(N)C1CCCCN1CC(=O)N(C)C.Cl. The van der Waals surface area contributed by atoms with Crippen LogP contribution in [0.4, 0.5) is 0 Å². The number of carbonyl (C=O) groups is 1. The number of likely N-dealkylation sites (tertiary alicyclic amines) is 1. The third-order valence-corrected chi connectivity index (χ3v) is 3.11. The number of halogens is 1. The Morgan fingerprint density at radius 3 is 2.62 bits per heavy atom. The van der Waals surface area contributed by atoms with Crippen molar-refractivity contribution < 1.29 is 4.79 Å². The third kappa shape index (κ3) is 4.28. The lowest BCUT2D eigenvalue weighted by Crippen LogP contribution is -2.52. The lowest BCUT2D eigenvalue weighted by Gasteiger charge is -2.37. The summed E-state index contributed by atoms with van der Waals surface area (Å²) in [7, 11) is 3.60. The van der Waals surface area contributed by atoms with Gasteiger partial charge in [-0.05, 0) is 26.3 Å². The largest absolute Gasteiger partial charge is 0.348 e. The second kappa shape index (κ2) is 7.09. The molecule has 2 unspecified atom stereocenters. The Balaban J connectivity index is 0.00000225. The number of nitrogens with two attached hydrogens (primary N) is 1. The maximum Gasteiger partial charge on any atom is 0.236 e. The number of nitrogens with zero attached hydrogens (tertiary/aromatic N) is 2. The quantitative estimate of drug-likeness (QED) is 0.801. The highest BCUT2D eigenvalue weighted by molar-refractivity contribution is 5.85. The second-order valence-corrected chi connectivity index (χ2v) is 4.68. The van der Waals surface area contributed by atoms with Crippen molar-refractivity contribution in [3.63, 3.8) is 0 Å². The number of carbonyl (C=O) groups excluding carboxylic acids is 1. The van der Waals surface area contributed by atoms with Crippen molar-refractivity contribution in [2.75, 3.05) is 27.2 Å². The van der Waals surface area contributed by atoms with Crippen LogP contribution in [0.5, 0.6) is 0 Å². The average molecular weight is 250 g/mol. The van der Waals surface area contributed by atoms with Gasteiger partial charge in [0.25, 0.3) is 0 Å². The minimum absolute atomic E-state index is 0. The molecule has 0 aromatic heterocycles. The molecule has 1 amide bonds. The van der Waals surface area contributed by atoms with Crippen LogP contribution in [0.1, 0.15) is 26.2 Å². The van der Waals surface area contributed by atoms with Gasteiger partial charge in [0.05, 0.1) is 6.54 Å². The summed E-state index contributed by atoms with van der Waals surface area (Å²) in [5.41, 5.74) is 5.94. The van der Waals surface area contributed by atoms with Crippen LogP contribution in [-0.2, 0) is 4.79 Å². The van der Waals surface area contributed by atoms with Gasteiger partial charge in [0.1, 0.15) is 0 Å². The molecular weight excluding hydrogens is 226 g/mol. The average Bonchev–Trinajstić information content (AvgIpc) is 2.18. The molecule has 1 fully saturated rings. The van der Waals surface area contributed by atoms with Gasteiger partial charge in [0, 0.05) is 26.2 Å². The third-order valence-electron chi connectivity index (χ3n) is 3.11. The van der Waals surface area contributed by atoms with Gasteiger partial charge in [-0.25, -0.2) is 0 Å². The van der Waals surface area contributed by atoms with Gasteiger partial charge in [0.15, 0.2) is 0 Å². The molecule has 0 saturated carbocycles. The van der Waals surface area contributed by atoms with Gasteiger partial charge >= 0.3 is 0 Å². The summed E-state index contributed by atoms with van der Waals surface area (Å²) < 4.78 is 0. The molecule has 16 heavy (non-hydrogen) atoms. The summed E-state index contributed by atoms with van der Waals surface area (Å²) in [5.74, 6) is 0.169.